The van der Waals surface area contributed by atoms with Crippen LogP contribution in [0.3, 0.4) is 0 Å². The number of rotatable bonds is 5. The molecule has 0 bridgehead atoms. The van der Waals surface area contributed by atoms with E-state index in [2.05, 4.69) is 34.5 Å². The monoisotopic (exact) mass is 234 g/mol. The number of benzene rings is 1. The van der Waals surface area contributed by atoms with E-state index >= 15 is 0 Å². The predicted octanol–water partition coefficient (Wildman–Crippen LogP) is 1.28. The minimum Gasteiger partial charge on any atom is -0.379 e. The van der Waals surface area contributed by atoms with Gasteiger partial charge in [-0.1, -0.05) is 24.3 Å². The Bertz CT molecular complexity index is 317. The van der Waals surface area contributed by atoms with Crippen LogP contribution in [-0.2, 0) is 17.7 Å². The van der Waals surface area contributed by atoms with Crippen LogP contribution in [0.1, 0.15) is 11.1 Å². The van der Waals surface area contributed by atoms with Crippen LogP contribution < -0.4 is 5.32 Å². The minimum absolute atomic E-state index is 0.875. The van der Waals surface area contributed by atoms with Gasteiger partial charge in [0.1, 0.15) is 0 Å². The molecule has 0 spiro atoms. The van der Waals surface area contributed by atoms with Crippen molar-refractivity contribution in [3.05, 3.63) is 35.4 Å². The predicted molar refractivity (Wildman–Crippen MR) is 70.2 cm³/mol. The van der Waals surface area contributed by atoms with Crippen molar-refractivity contribution < 1.29 is 4.74 Å². The number of hydrogen-bond donors (Lipinski definition) is 1. The number of likely N-dealkylation sites (N-methyl/N-ethyl adjacent to an activating group) is 1. The van der Waals surface area contributed by atoms with Gasteiger partial charge in [0.2, 0.25) is 0 Å². The molecule has 0 amide bonds. The summed E-state index contributed by atoms with van der Waals surface area (Å²) in [6.07, 6.45) is 1.11. The average Bonchev–Trinajstić information content (AvgIpc) is 2.39. The second-order valence-electron chi connectivity index (χ2n) is 4.56. The molecule has 1 aromatic rings. The molecule has 2 rings (SSSR count). The van der Waals surface area contributed by atoms with Crippen molar-refractivity contribution in [2.24, 2.45) is 0 Å². The van der Waals surface area contributed by atoms with Crippen molar-refractivity contribution in [2.75, 3.05) is 39.9 Å². The number of morpholine rings is 1. The van der Waals surface area contributed by atoms with Gasteiger partial charge in [-0.3, -0.25) is 4.90 Å². The van der Waals surface area contributed by atoms with E-state index in [0.717, 1.165) is 45.8 Å². The maximum atomic E-state index is 5.35. The first-order valence-electron chi connectivity index (χ1n) is 6.41. The molecule has 1 aliphatic rings. The molecule has 0 aromatic heterocycles. The van der Waals surface area contributed by atoms with E-state index in [4.69, 9.17) is 4.74 Å². The number of hydrogen-bond acceptors (Lipinski definition) is 3. The van der Waals surface area contributed by atoms with Crippen LogP contribution in [-0.4, -0.2) is 44.8 Å². The third kappa shape index (κ3) is 4.11. The fourth-order valence-electron chi connectivity index (χ4n) is 2.10. The van der Waals surface area contributed by atoms with Crippen LogP contribution >= 0.6 is 0 Å². The van der Waals surface area contributed by atoms with E-state index in [1.807, 2.05) is 7.05 Å². The second-order valence-corrected chi connectivity index (χ2v) is 4.56. The molecule has 94 valence electrons. The molecule has 17 heavy (non-hydrogen) atoms. The van der Waals surface area contributed by atoms with Gasteiger partial charge in [-0.15, -0.1) is 0 Å². The van der Waals surface area contributed by atoms with Gasteiger partial charge in [0, 0.05) is 19.6 Å². The van der Waals surface area contributed by atoms with Gasteiger partial charge >= 0.3 is 0 Å². The first kappa shape index (κ1) is 12.6. The molecule has 0 saturated carbocycles. The zero-order valence-corrected chi connectivity index (χ0v) is 10.6. The quantitative estimate of drug-likeness (QED) is 0.830. The third-order valence-corrected chi connectivity index (χ3v) is 3.20. The van der Waals surface area contributed by atoms with Gasteiger partial charge in [0.15, 0.2) is 0 Å². The van der Waals surface area contributed by atoms with Crippen molar-refractivity contribution in [2.45, 2.75) is 13.0 Å². The van der Waals surface area contributed by atoms with E-state index in [0.29, 0.717) is 0 Å². The summed E-state index contributed by atoms with van der Waals surface area (Å²) in [6.45, 7) is 5.96. The average molecular weight is 234 g/mol. The lowest BCUT2D eigenvalue weighted by Gasteiger charge is -2.26. The summed E-state index contributed by atoms with van der Waals surface area (Å²) in [5.74, 6) is 0. The molecule has 0 radical (unpaired) electrons. The summed E-state index contributed by atoms with van der Waals surface area (Å²) in [7, 11) is 1.99. The van der Waals surface area contributed by atoms with E-state index in [1.54, 1.807) is 0 Å². The molecule has 3 nitrogen and oxygen atoms in total. The Kier molecular flexibility index (Phi) is 4.98. The smallest absolute Gasteiger partial charge is 0.0594 e. The minimum atomic E-state index is 0.875. The van der Waals surface area contributed by atoms with Gasteiger partial charge in [-0.25, -0.2) is 0 Å². The molecule has 0 aliphatic carbocycles. The molecular formula is C14H22N2O. The van der Waals surface area contributed by atoms with E-state index in [-0.39, 0.29) is 0 Å². The van der Waals surface area contributed by atoms with Crippen molar-refractivity contribution in [1.29, 1.82) is 0 Å². The summed E-state index contributed by atoms with van der Waals surface area (Å²) in [5, 5.41) is 3.17. The SMILES string of the molecule is CNCCc1ccc(CN2CCOCC2)cc1. The molecule has 3 heteroatoms. The van der Waals surface area contributed by atoms with Gasteiger partial charge in [-0.2, -0.15) is 0 Å². The number of ether oxygens (including phenoxy) is 1. The van der Waals surface area contributed by atoms with Crippen LogP contribution in [0.5, 0.6) is 0 Å². The summed E-state index contributed by atoms with van der Waals surface area (Å²) >= 11 is 0. The highest BCUT2D eigenvalue weighted by atomic mass is 16.5. The Morgan fingerprint density at radius 3 is 2.41 bits per heavy atom. The molecule has 1 aliphatic heterocycles. The Balaban J connectivity index is 1.84. The summed E-state index contributed by atoms with van der Waals surface area (Å²) in [6, 6.07) is 8.99. The van der Waals surface area contributed by atoms with Crippen LogP contribution in [0, 0.1) is 0 Å². The first-order chi connectivity index (χ1) is 8.38. The van der Waals surface area contributed by atoms with Crippen molar-refractivity contribution in [3.8, 4) is 0 Å². The number of nitrogens with one attached hydrogen (secondary N) is 1. The highest BCUT2D eigenvalue weighted by molar-refractivity contribution is 5.22. The molecule has 1 aromatic carbocycles. The van der Waals surface area contributed by atoms with Crippen LogP contribution in [0.2, 0.25) is 0 Å². The standard InChI is InChI=1S/C14H22N2O/c1-15-7-6-13-2-4-14(5-3-13)12-16-8-10-17-11-9-16/h2-5,15H,6-12H2,1H3. The molecule has 1 fully saturated rings. The molecule has 0 atom stereocenters. The highest BCUT2D eigenvalue weighted by Gasteiger charge is 2.10. The summed E-state index contributed by atoms with van der Waals surface area (Å²) in [4.78, 5) is 2.45. The topological polar surface area (TPSA) is 24.5 Å². The fourth-order valence-corrected chi connectivity index (χ4v) is 2.10. The Morgan fingerprint density at radius 2 is 1.76 bits per heavy atom. The van der Waals surface area contributed by atoms with Gasteiger partial charge in [-0.05, 0) is 31.1 Å². The van der Waals surface area contributed by atoms with E-state index in [1.165, 1.54) is 11.1 Å². The normalized spacial score (nSPS) is 17.2. The molecule has 0 unspecified atom stereocenters. The maximum absolute atomic E-state index is 5.35. The molecule has 1 saturated heterocycles. The van der Waals surface area contributed by atoms with Gasteiger partial charge < -0.3 is 10.1 Å². The molecular weight excluding hydrogens is 212 g/mol. The first-order valence-corrected chi connectivity index (χ1v) is 6.41. The lowest BCUT2D eigenvalue weighted by molar-refractivity contribution is 0.0342. The Hall–Kier alpha value is -0.900. The van der Waals surface area contributed by atoms with Crippen molar-refractivity contribution >= 4 is 0 Å². The van der Waals surface area contributed by atoms with E-state index in [9.17, 15) is 0 Å². The Labute approximate surface area is 104 Å². The zero-order chi connectivity index (χ0) is 11.9. The Morgan fingerprint density at radius 1 is 1.12 bits per heavy atom. The highest BCUT2D eigenvalue weighted by Crippen LogP contribution is 2.09. The maximum Gasteiger partial charge on any atom is 0.0594 e. The zero-order valence-electron chi connectivity index (χ0n) is 10.6. The van der Waals surface area contributed by atoms with Crippen molar-refractivity contribution in [3.63, 3.8) is 0 Å². The molecule has 1 heterocycles. The second kappa shape index (κ2) is 6.74. The summed E-state index contributed by atoms with van der Waals surface area (Å²) < 4.78 is 5.35. The van der Waals surface area contributed by atoms with Crippen LogP contribution in [0.15, 0.2) is 24.3 Å². The summed E-state index contributed by atoms with van der Waals surface area (Å²) in [5.41, 5.74) is 2.81. The number of nitrogens with zero attached hydrogens (tertiary/aromatic N) is 1. The van der Waals surface area contributed by atoms with Gasteiger partial charge in [0.25, 0.3) is 0 Å². The third-order valence-electron chi connectivity index (χ3n) is 3.20. The van der Waals surface area contributed by atoms with Crippen molar-refractivity contribution in [1.82, 2.24) is 10.2 Å². The lowest BCUT2D eigenvalue weighted by atomic mass is 10.1. The van der Waals surface area contributed by atoms with Crippen LogP contribution in [0.4, 0.5) is 0 Å². The fraction of sp³-hybridized carbons (Fsp3) is 0.571. The molecule has 1 N–H and O–H groups in total. The van der Waals surface area contributed by atoms with Crippen LogP contribution in [0.25, 0.3) is 0 Å². The lowest BCUT2D eigenvalue weighted by Crippen LogP contribution is -2.35. The van der Waals surface area contributed by atoms with E-state index < -0.39 is 0 Å². The van der Waals surface area contributed by atoms with Gasteiger partial charge in [0.05, 0.1) is 13.2 Å². The largest absolute Gasteiger partial charge is 0.379 e.